The molecule has 1 rings (SSSR count). The average molecular weight is 239 g/mol. The van der Waals surface area contributed by atoms with Gasteiger partial charge in [0.15, 0.2) is 0 Å². The maximum atomic E-state index is 11.6. The van der Waals surface area contributed by atoms with Crippen molar-refractivity contribution < 1.29 is 9.53 Å². The Balaban J connectivity index is 2.46. The number of nitrogens with one attached hydrogen (secondary N) is 1. The quantitative estimate of drug-likeness (QED) is 0.724. The maximum Gasteiger partial charge on any atom is 0.323 e. The van der Waals surface area contributed by atoms with Crippen molar-refractivity contribution in [3.8, 4) is 0 Å². The van der Waals surface area contributed by atoms with Gasteiger partial charge >= 0.3 is 5.97 Å². The molecule has 0 fully saturated rings. The van der Waals surface area contributed by atoms with Crippen LogP contribution in [0.15, 0.2) is 12.3 Å². The van der Waals surface area contributed by atoms with Gasteiger partial charge < -0.3 is 10.1 Å². The predicted octanol–water partition coefficient (Wildman–Crippen LogP) is 1.12. The number of aryl methyl sites for hydroxylation is 2. The van der Waals surface area contributed by atoms with Gasteiger partial charge in [-0.15, -0.1) is 0 Å². The third-order valence-corrected chi connectivity index (χ3v) is 2.44. The van der Waals surface area contributed by atoms with E-state index in [0.29, 0.717) is 19.6 Å². The number of carbonyl (C=O) groups is 1. The van der Waals surface area contributed by atoms with E-state index in [1.165, 1.54) is 0 Å². The van der Waals surface area contributed by atoms with Crippen LogP contribution in [0.2, 0.25) is 0 Å². The molecule has 1 heterocycles. The van der Waals surface area contributed by atoms with E-state index in [9.17, 15) is 4.79 Å². The Morgan fingerprint density at radius 2 is 2.35 bits per heavy atom. The van der Waals surface area contributed by atoms with Gasteiger partial charge in [0.1, 0.15) is 6.04 Å². The zero-order chi connectivity index (χ0) is 12.7. The fourth-order valence-corrected chi connectivity index (χ4v) is 1.64. The van der Waals surface area contributed by atoms with Gasteiger partial charge in [0.05, 0.1) is 12.3 Å². The third-order valence-electron chi connectivity index (χ3n) is 2.44. The molecular formula is C12H21N3O2. The van der Waals surface area contributed by atoms with E-state index in [0.717, 1.165) is 12.2 Å². The standard InChI is InChI=1S/C12H21N3O2/c1-4-13-11(12(16)17-5-2)7-9-15-8-6-10(3)14-15/h6,8,11,13H,4-5,7,9H2,1-3H3. The summed E-state index contributed by atoms with van der Waals surface area (Å²) < 4.78 is 6.87. The summed E-state index contributed by atoms with van der Waals surface area (Å²) in [6.45, 7) is 7.62. The lowest BCUT2D eigenvalue weighted by molar-refractivity contribution is -0.145. The molecule has 1 unspecified atom stereocenters. The van der Waals surface area contributed by atoms with Crippen LogP contribution in [-0.2, 0) is 16.1 Å². The number of aromatic nitrogens is 2. The number of nitrogens with zero attached hydrogens (tertiary/aromatic N) is 2. The SMILES string of the molecule is CCNC(CCn1ccc(C)n1)C(=O)OCC. The fraction of sp³-hybridized carbons (Fsp3) is 0.667. The number of ether oxygens (including phenoxy) is 1. The first kappa shape index (κ1) is 13.7. The number of hydrogen-bond donors (Lipinski definition) is 1. The van der Waals surface area contributed by atoms with Crippen molar-refractivity contribution in [2.24, 2.45) is 0 Å². The number of hydrogen-bond acceptors (Lipinski definition) is 4. The lowest BCUT2D eigenvalue weighted by atomic mass is 10.2. The Bertz CT molecular complexity index is 349. The number of likely N-dealkylation sites (N-methyl/N-ethyl adjacent to an activating group) is 1. The zero-order valence-electron chi connectivity index (χ0n) is 10.8. The molecular weight excluding hydrogens is 218 g/mol. The monoisotopic (exact) mass is 239 g/mol. The second-order valence-corrected chi connectivity index (χ2v) is 3.87. The molecule has 0 amide bonds. The summed E-state index contributed by atoms with van der Waals surface area (Å²) in [6.07, 6.45) is 2.61. The highest BCUT2D eigenvalue weighted by Crippen LogP contribution is 2.00. The fourth-order valence-electron chi connectivity index (χ4n) is 1.64. The molecule has 0 aliphatic carbocycles. The van der Waals surface area contributed by atoms with Crippen molar-refractivity contribution in [3.05, 3.63) is 18.0 Å². The molecule has 0 radical (unpaired) electrons. The van der Waals surface area contributed by atoms with Gasteiger partial charge in [-0.05, 0) is 32.9 Å². The molecule has 0 aliphatic heterocycles. The van der Waals surface area contributed by atoms with Crippen molar-refractivity contribution in [3.63, 3.8) is 0 Å². The number of esters is 1. The van der Waals surface area contributed by atoms with E-state index in [1.807, 2.05) is 37.7 Å². The van der Waals surface area contributed by atoms with Crippen LogP contribution in [0.3, 0.4) is 0 Å². The summed E-state index contributed by atoms with van der Waals surface area (Å²) in [6, 6.07) is 1.71. The van der Waals surface area contributed by atoms with E-state index in [4.69, 9.17) is 4.74 Å². The molecule has 1 aromatic rings. The molecule has 17 heavy (non-hydrogen) atoms. The molecule has 1 atom stereocenters. The molecule has 96 valence electrons. The Hall–Kier alpha value is -1.36. The highest BCUT2D eigenvalue weighted by Gasteiger charge is 2.18. The van der Waals surface area contributed by atoms with Crippen LogP contribution in [0.25, 0.3) is 0 Å². The van der Waals surface area contributed by atoms with Gasteiger partial charge in [0.25, 0.3) is 0 Å². The van der Waals surface area contributed by atoms with Gasteiger partial charge in [0, 0.05) is 12.7 Å². The first-order chi connectivity index (χ1) is 8.17. The van der Waals surface area contributed by atoms with Crippen LogP contribution in [0, 0.1) is 6.92 Å². The summed E-state index contributed by atoms with van der Waals surface area (Å²) >= 11 is 0. The lowest BCUT2D eigenvalue weighted by Crippen LogP contribution is -2.38. The third kappa shape index (κ3) is 4.56. The first-order valence-electron chi connectivity index (χ1n) is 6.07. The van der Waals surface area contributed by atoms with E-state index in [2.05, 4.69) is 10.4 Å². The Morgan fingerprint density at radius 1 is 1.59 bits per heavy atom. The van der Waals surface area contributed by atoms with Crippen molar-refractivity contribution in [2.75, 3.05) is 13.2 Å². The Morgan fingerprint density at radius 3 is 2.88 bits per heavy atom. The van der Waals surface area contributed by atoms with Crippen molar-refractivity contribution >= 4 is 5.97 Å². The molecule has 5 heteroatoms. The number of carbonyl (C=O) groups excluding carboxylic acids is 1. The average Bonchev–Trinajstić information content (AvgIpc) is 2.70. The number of rotatable bonds is 7. The van der Waals surface area contributed by atoms with Crippen LogP contribution in [0.5, 0.6) is 0 Å². The summed E-state index contributed by atoms with van der Waals surface area (Å²) in [5.41, 5.74) is 0.987. The highest BCUT2D eigenvalue weighted by molar-refractivity contribution is 5.75. The smallest absolute Gasteiger partial charge is 0.323 e. The van der Waals surface area contributed by atoms with Crippen LogP contribution >= 0.6 is 0 Å². The van der Waals surface area contributed by atoms with Crippen LogP contribution in [0.1, 0.15) is 26.0 Å². The second kappa shape index (κ2) is 7.06. The zero-order valence-corrected chi connectivity index (χ0v) is 10.8. The summed E-state index contributed by atoms with van der Waals surface area (Å²) in [5.74, 6) is -0.182. The molecule has 0 bridgehead atoms. The molecule has 0 saturated heterocycles. The summed E-state index contributed by atoms with van der Waals surface area (Å²) in [7, 11) is 0. The van der Waals surface area contributed by atoms with E-state index in [1.54, 1.807) is 0 Å². The van der Waals surface area contributed by atoms with Gasteiger partial charge in [-0.1, -0.05) is 6.92 Å². The second-order valence-electron chi connectivity index (χ2n) is 3.87. The minimum atomic E-state index is -0.246. The summed E-state index contributed by atoms with van der Waals surface area (Å²) in [4.78, 5) is 11.6. The molecule has 5 nitrogen and oxygen atoms in total. The van der Waals surface area contributed by atoms with Crippen LogP contribution < -0.4 is 5.32 Å². The summed E-state index contributed by atoms with van der Waals surface area (Å²) in [5, 5.41) is 7.41. The Labute approximate surface area is 102 Å². The molecule has 1 aromatic heterocycles. The van der Waals surface area contributed by atoms with E-state index in [-0.39, 0.29) is 12.0 Å². The van der Waals surface area contributed by atoms with Gasteiger partial charge in [-0.2, -0.15) is 5.10 Å². The van der Waals surface area contributed by atoms with Gasteiger partial charge in [-0.25, -0.2) is 0 Å². The Kier molecular flexibility index (Phi) is 5.69. The van der Waals surface area contributed by atoms with Crippen molar-refractivity contribution in [1.29, 1.82) is 0 Å². The molecule has 1 N–H and O–H groups in total. The lowest BCUT2D eigenvalue weighted by Gasteiger charge is -2.16. The van der Waals surface area contributed by atoms with Crippen molar-refractivity contribution in [1.82, 2.24) is 15.1 Å². The van der Waals surface area contributed by atoms with Crippen molar-refractivity contribution in [2.45, 2.75) is 39.8 Å². The normalized spacial score (nSPS) is 12.4. The molecule has 0 aliphatic rings. The molecule has 0 aromatic carbocycles. The van der Waals surface area contributed by atoms with E-state index >= 15 is 0 Å². The largest absolute Gasteiger partial charge is 0.465 e. The van der Waals surface area contributed by atoms with Crippen LogP contribution in [-0.4, -0.2) is 34.9 Å². The van der Waals surface area contributed by atoms with Gasteiger partial charge in [-0.3, -0.25) is 9.48 Å². The topological polar surface area (TPSA) is 56.2 Å². The maximum absolute atomic E-state index is 11.6. The van der Waals surface area contributed by atoms with E-state index < -0.39 is 0 Å². The minimum Gasteiger partial charge on any atom is -0.465 e. The minimum absolute atomic E-state index is 0.182. The first-order valence-corrected chi connectivity index (χ1v) is 6.07. The molecule has 0 spiro atoms. The molecule has 0 saturated carbocycles. The predicted molar refractivity (Wildman–Crippen MR) is 65.7 cm³/mol. The van der Waals surface area contributed by atoms with Crippen LogP contribution in [0.4, 0.5) is 0 Å². The van der Waals surface area contributed by atoms with Gasteiger partial charge in [0.2, 0.25) is 0 Å². The highest BCUT2D eigenvalue weighted by atomic mass is 16.5.